The molecule has 15 heteroatoms. The summed E-state index contributed by atoms with van der Waals surface area (Å²) in [5.74, 6) is -5.63. The number of aromatic nitrogens is 6. The number of carbonyl (C=O) groups excluding carboxylic acids is 1. The predicted octanol–water partition coefficient (Wildman–Crippen LogP) is 6.98. The van der Waals surface area contributed by atoms with Crippen LogP contribution in [0.4, 0.5) is 17.6 Å². The fourth-order valence-corrected chi connectivity index (χ4v) is 5.53. The van der Waals surface area contributed by atoms with Gasteiger partial charge in [0.15, 0.2) is 12.0 Å². The van der Waals surface area contributed by atoms with Crippen LogP contribution in [0, 0.1) is 0 Å². The quantitative estimate of drug-likeness (QED) is 0.211. The van der Waals surface area contributed by atoms with Gasteiger partial charge in [0, 0.05) is 58.9 Å². The van der Waals surface area contributed by atoms with Crippen LogP contribution in [0.25, 0.3) is 22.5 Å². The highest BCUT2D eigenvalue weighted by Gasteiger charge is 2.36. The fourth-order valence-electron chi connectivity index (χ4n) is 5.28. The molecule has 2 saturated carbocycles. The maximum absolute atomic E-state index is 13.6. The number of halogens is 6. The van der Waals surface area contributed by atoms with Gasteiger partial charge in [-0.25, -0.2) is 27.5 Å². The molecule has 2 fully saturated rings. The van der Waals surface area contributed by atoms with Gasteiger partial charge in [0.25, 0.3) is 5.91 Å². The smallest absolute Gasteiger partial charge is 0.272 e. The van der Waals surface area contributed by atoms with Crippen molar-refractivity contribution in [2.24, 2.45) is 5.73 Å². The molecular formula is C31H32Cl2F4N8O. The van der Waals surface area contributed by atoms with Crippen LogP contribution in [-0.2, 0) is 6.54 Å². The molecule has 2 aliphatic rings. The summed E-state index contributed by atoms with van der Waals surface area (Å²) in [5, 5.41) is 15.6. The molecule has 1 amide bonds. The van der Waals surface area contributed by atoms with Gasteiger partial charge in [-0.2, -0.15) is 4.80 Å². The van der Waals surface area contributed by atoms with E-state index in [4.69, 9.17) is 38.9 Å². The Morgan fingerprint density at radius 1 is 0.826 bits per heavy atom. The highest BCUT2D eigenvalue weighted by molar-refractivity contribution is 6.31. The first-order chi connectivity index (χ1) is 21.9. The van der Waals surface area contributed by atoms with Gasteiger partial charge in [-0.3, -0.25) is 4.79 Å². The second-order valence-corrected chi connectivity index (χ2v) is 12.4. The monoisotopic (exact) mass is 678 g/mol. The molecule has 4 aromatic rings. The molecule has 2 heterocycles. The van der Waals surface area contributed by atoms with Crippen LogP contribution in [0.1, 0.15) is 67.5 Å². The number of amides is 1. The van der Waals surface area contributed by atoms with E-state index in [1.165, 1.54) is 11.1 Å². The summed E-state index contributed by atoms with van der Waals surface area (Å²) in [6, 6.07) is 13.7. The van der Waals surface area contributed by atoms with Crippen molar-refractivity contribution in [1.82, 2.24) is 35.5 Å². The average molecular weight is 680 g/mol. The van der Waals surface area contributed by atoms with Gasteiger partial charge in [-0.05, 0) is 55.2 Å². The summed E-state index contributed by atoms with van der Waals surface area (Å²) < 4.78 is 51.9. The number of alkyl halides is 4. The van der Waals surface area contributed by atoms with Crippen LogP contribution in [0.5, 0.6) is 0 Å². The van der Waals surface area contributed by atoms with Crippen molar-refractivity contribution in [3.63, 3.8) is 0 Å². The summed E-state index contributed by atoms with van der Waals surface area (Å²) >= 11 is 12.2. The third-order valence-electron chi connectivity index (χ3n) is 7.92. The molecule has 0 spiro atoms. The molecule has 3 N–H and O–H groups in total. The maximum atomic E-state index is 13.6. The zero-order valence-corrected chi connectivity index (χ0v) is 26.2. The minimum atomic E-state index is -2.70. The number of nitrogens with two attached hydrogens (primary N) is 1. The molecule has 0 bridgehead atoms. The zero-order chi connectivity index (χ0) is 32.9. The van der Waals surface area contributed by atoms with E-state index in [0.717, 1.165) is 5.56 Å². The number of nitrogens with zero attached hydrogens (tertiary/aromatic N) is 6. The third kappa shape index (κ3) is 8.98. The molecule has 9 nitrogen and oxygen atoms in total. The van der Waals surface area contributed by atoms with Crippen LogP contribution in [-0.4, -0.2) is 60.0 Å². The van der Waals surface area contributed by atoms with Gasteiger partial charge >= 0.3 is 0 Å². The lowest BCUT2D eigenvalue weighted by Crippen LogP contribution is -2.41. The highest BCUT2D eigenvalue weighted by atomic mass is 35.5. The summed E-state index contributed by atoms with van der Waals surface area (Å²) in [7, 11) is 0. The summed E-state index contributed by atoms with van der Waals surface area (Å²) in [4.78, 5) is 24.3. The Bertz CT molecular complexity index is 1600. The molecule has 2 aliphatic carbocycles. The maximum Gasteiger partial charge on any atom is 0.272 e. The lowest BCUT2D eigenvalue weighted by atomic mass is 9.92. The van der Waals surface area contributed by atoms with E-state index in [1.54, 1.807) is 36.4 Å². The number of benzene rings is 2. The number of carbonyl (C=O) groups is 1. The normalized spacial score (nSPS) is 18.0. The van der Waals surface area contributed by atoms with Crippen molar-refractivity contribution in [3.05, 3.63) is 76.3 Å². The molecule has 46 heavy (non-hydrogen) atoms. The van der Waals surface area contributed by atoms with Crippen molar-refractivity contribution in [2.75, 3.05) is 0 Å². The lowest BCUT2D eigenvalue weighted by molar-refractivity contribution is -0.0400. The SMILES string of the molecule is NC1CCC(F)(F)CC1.O=C(NC1CCC(F)(F)CC1)c1nc(-c2ccc(Cl)cc2)c(-c2ccc(Cl)cc2)nc1Cn1ncnn1. The third-order valence-corrected chi connectivity index (χ3v) is 8.42. The van der Waals surface area contributed by atoms with Gasteiger partial charge in [0.2, 0.25) is 11.8 Å². The standard InChI is InChI=1S/C25H21Cl2F2N7O.C6H11F2N/c26-17-5-1-15(2-6-17)21-22(16-3-7-18(27)8-4-16)34-23(20(33-21)13-36-31-14-30-35-36)24(37)32-19-9-11-25(28,29)12-10-19;7-6(8)3-1-5(9)2-4-6/h1-8,14,19H,9-13H2,(H,32,37);5H,1-4,9H2. The minimum absolute atomic E-state index is 0.0182. The first-order valence-electron chi connectivity index (χ1n) is 14.8. The van der Waals surface area contributed by atoms with E-state index in [0.29, 0.717) is 45.5 Å². The minimum Gasteiger partial charge on any atom is -0.348 e. The zero-order valence-electron chi connectivity index (χ0n) is 24.7. The van der Waals surface area contributed by atoms with Crippen LogP contribution in [0.2, 0.25) is 10.0 Å². The predicted molar refractivity (Wildman–Crippen MR) is 166 cm³/mol. The van der Waals surface area contributed by atoms with E-state index in [2.05, 4.69) is 20.7 Å². The van der Waals surface area contributed by atoms with Crippen molar-refractivity contribution in [3.8, 4) is 22.5 Å². The summed E-state index contributed by atoms with van der Waals surface area (Å²) in [6.45, 7) is 0.0278. The van der Waals surface area contributed by atoms with Crippen LogP contribution in [0.3, 0.4) is 0 Å². The van der Waals surface area contributed by atoms with Crippen molar-refractivity contribution >= 4 is 29.1 Å². The number of hydrogen-bond acceptors (Lipinski definition) is 7. The summed E-state index contributed by atoms with van der Waals surface area (Å²) in [6.07, 6.45) is 2.01. The number of tetrazole rings is 1. The van der Waals surface area contributed by atoms with Crippen LogP contribution >= 0.6 is 23.2 Å². The second kappa shape index (κ2) is 14.4. The Morgan fingerprint density at radius 2 is 1.33 bits per heavy atom. The highest BCUT2D eigenvalue weighted by Crippen LogP contribution is 2.35. The van der Waals surface area contributed by atoms with E-state index in [1.807, 2.05) is 12.1 Å². The molecule has 0 atom stereocenters. The molecule has 0 aliphatic heterocycles. The Morgan fingerprint density at radius 3 is 1.80 bits per heavy atom. The first kappa shape index (κ1) is 33.7. The van der Waals surface area contributed by atoms with E-state index in [9.17, 15) is 22.4 Å². The molecule has 0 unspecified atom stereocenters. The van der Waals surface area contributed by atoms with Gasteiger partial charge in [0.1, 0.15) is 6.54 Å². The molecule has 244 valence electrons. The Hall–Kier alpha value is -3.68. The molecule has 2 aromatic heterocycles. The number of hydrogen-bond donors (Lipinski definition) is 2. The first-order valence-corrected chi connectivity index (χ1v) is 15.6. The van der Waals surface area contributed by atoms with Crippen LogP contribution in [0.15, 0.2) is 54.9 Å². The second-order valence-electron chi connectivity index (χ2n) is 11.5. The summed E-state index contributed by atoms with van der Waals surface area (Å²) in [5.41, 5.74) is 8.18. The molecule has 6 rings (SSSR count). The van der Waals surface area contributed by atoms with Crippen LogP contribution < -0.4 is 11.1 Å². The Labute approximate surface area is 272 Å². The fraction of sp³-hybridized carbons (Fsp3) is 0.419. The largest absolute Gasteiger partial charge is 0.348 e. The lowest BCUT2D eigenvalue weighted by Gasteiger charge is -2.28. The van der Waals surface area contributed by atoms with E-state index in [-0.39, 0.29) is 62.8 Å². The number of nitrogens with one attached hydrogen (secondary N) is 1. The number of rotatable bonds is 6. The molecule has 0 radical (unpaired) electrons. The van der Waals surface area contributed by atoms with Gasteiger partial charge < -0.3 is 11.1 Å². The average Bonchev–Trinajstić information content (AvgIpc) is 3.54. The molecule has 0 saturated heterocycles. The van der Waals surface area contributed by atoms with Gasteiger partial charge in [0.05, 0.1) is 17.1 Å². The van der Waals surface area contributed by atoms with E-state index < -0.39 is 17.8 Å². The van der Waals surface area contributed by atoms with Gasteiger partial charge in [-0.15, -0.1) is 10.2 Å². The molecule has 2 aromatic carbocycles. The van der Waals surface area contributed by atoms with Crippen molar-refractivity contribution in [1.29, 1.82) is 0 Å². The Balaban J connectivity index is 0.000000400. The Kier molecular flexibility index (Phi) is 10.5. The van der Waals surface area contributed by atoms with Gasteiger partial charge in [-0.1, -0.05) is 47.5 Å². The molecular weight excluding hydrogens is 647 g/mol. The van der Waals surface area contributed by atoms with E-state index >= 15 is 0 Å². The topological polar surface area (TPSA) is 125 Å². The van der Waals surface area contributed by atoms with Crippen molar-refractivity contribution in [2.45, 2.75) is 81.8 Å². The van der Waals surface area contributed by atoms with Crippen molar-refractivity contribution < 1.29 is 22.4 Å².